The first-order chi connectivity index (χ1) is 7.43. The number of nitrogens with zero attached hydrogens (tertiary/aromatic N) is 4. The van der Waals surface area contributed by atoms with Crippen LogP contribution in [0.3, 0.4) is 0 Å². The van der Waals surface area contributed by atoms with Crippen molar-refractivity contribution in [1.29, 1.82) is 0 Å². The van der Waals surface area contributed by atoms with E-state index in [2.05, 4.69) is 15.3 Å². The lowest BCUT2D eigenvalue weighted by Gasteiger charge is -1.96. The molecule has 0 saturated carbocycles. The summed E-state index contributed by atoms with van der Waals surface area (Å²) >= 11 is 0. The summed E-state index contributed by atoms with van der Waals surface area (Å²) in [6.45, 7) is 0.629. The molecule has 5 nitrogen and oxygen atoms in total. The summed E-state index contributed by atoms with van der Waals surface area (Å²) in [5.41, 5.74) is 2.69. The third-order valence-electron chi connectivity index (χ3n) is 2.21. The molecule has 15 heavy (non-hydrogen) atoms. The van der Waals surface area contributed by atoms with Gasteiger partial charge >= 0.3 is 0 Å². The van der Waals surface area contributed by atoms with Crippen LogP contribution in [0.15, 0.2) is 41.4 Å². The minimum atomic E-state index is 0.629. The summed E-state index contributed by atoms with van der Waals surface area (Å²) in [5.74, 6) is 0. The van der Waals surface area contributed by atoms with Gasteiger partial charge in [0.2, 0.25) is 0 Å². The van der Waals surface area contributed by atoms with Gasteiger partial charge in [0.15, 0.2) is 5.58 Å². The van der Waals surface area contributed by atoms with Gasteiger partial charge in [-0.1, -0.05) is 5.21 Å². The van der Waals surface area contributed by atoms with Crippen LogP contribution in [0.1, 0.15) is 5.56 Å². The van der Waals surface area contributed by atoms with Crippen molar-refractivity contribution in [1.82, 2.24) is 20.0 Å². The quantitative estimate of drug-likeness (QED) is 0.628. The van der Waals surface area contributed by atoms with E-state index in [1.165, 1.54) is 0 Å². The topological polar surface area (TPSA) is 56.7 Å². The molecular weight excluding hydrogens is 192 g/mol. The molecule has 0 aliphatic carbocycles. The summed E-state index contributed by atoms with van der Waals surface area (Å²) < 4.78 is 7.11. The maximum atomic E-state index is 5.37. The number of furan rings is 1. The van der Waals surface area contributed by atoms with Crippen LogP contribution in [0.5, 0.6) is 0 Å². The second kappa shape index (κ2) is 3.20. The SMILES string of the molecule is c1cnc2c(Cn3ccnn3)coc2c1. The van der Waals surface area contributed by atoms with Gasteiger partial charge < -0.3 is 4.42 Å². The van der Waals surface area contributed by atoms with Crippen LogP contribution < -0.4 is 0 Å². The molecule has 3 rings (SSSR count). The molecule has 3 aromatic rings. The molecule has 0 N–H and O–H groups in total. The van der Waals surface area contributed by atoms with Gasteiger partial charge in [0, 0.05) is 18.0 Å². The molecule has 0 radical (unpaired) electrons. The maximum Gasteiger partial charge on any atom is 0.152 e. The van der Waals surface area contributed by atoms with Crippen molar-refractivity contribution in [3.8, 4) is 0 Å². The Labute approximate surface area is 85.3 Å². The van der Waals surface area contributed by atoms with Crippen LogP contribution in [-0.4, -0.2) is 20.0 Å². The maximum absolute atomic E-state index is 5.37. The molecular formula is C10H8N4O. The van der Waals surface area contributed by atoms with Gasteiger partial charge in [0.1, 0.15) is 5.52 Å². The van der Waals surface area contributed by atoms with Gasteiger partial charge in [-0.3, -0.25) is 4.98 Å². The average Bonchev–Trinajstić information content (AvgIpc) is 2.89. The zero-order valence-corrected chi connectivity index (χ0v) is 7.87. The van der Waals surface area contributed by atoms with E-state index < -0.39 is 0 Å². The summed E-state index contributed by atoms with van der Waals surface area (Å²) in [6, 6.07) is 3.75. The third kappa shape index (κ3) is 1.38. The lowest BCUT2D eigenvalue weighted by molar-refractivity contribution is 0.595. The largest absolute Gasteiger partial charge is 0.462 e. The third-order valence-corrected chi connectivity index (χ3v) is 2.21. The molecule has 0 aromatic carbocycles. The first-order valence-electron chi connectivity index (χ1n) is 4.59. The average molecular weight is 200 g/mol. The molecule has 5 heteroatoms. The van der Waals surface area contributed by atoms with Crippen LogP contribution in [0.2, 0.25) is 0 Å². The van der Waals surface area contributed by atoms with Crippen molar-refractivity contribution < 1.29 is 4.42 Å². The summed E-state index contributed by atoms with van der Waals surface area (Å²) in [5, 5.41) is 7.64. The Kier molecular flexibility index (Phi) is 1.74. The predicted octanol–water partition coefficient (Wildman–Crippen LogP) is 1.47. The summed E-state index contributed by atoms with van der Waals surface area (Å²) in [4.78, 5) is 4.27. The Hall–Kier alpha value is -2.17. The smallest absolute Gasteiger partial charge is 0.152 e. The Balaban J connectivity index is 2.05. The van der Waals surface area contributed by atoms with E-state index in [1.807, 2.05) is 18.3 Å². The Bertz CT molecular complexity index is 570. The molecule has 3 aromatic heterocycles. The van der Waals surface area contributed by atoms with Crippen molar-refractivity contribution in [2.75, 3.05) is 0 Å². The van der Waals surface area contributed by atoms with Crippen LogP contribution in [0.25, 0.3) is 11.1 Å². The Morgan fingerprint density at radius 1 is 1.33 bits per heavy atom. The number of fused-ring (bicyclic) bond motifs is 1. The molecule has 3 heterocycles. The van der Waals surface area contributed by atoms with E-state index in [1.54, 1.807) is 23.3 Å². The van der Waals surface area contributed by atoms with Gasteiger partial charge in [0.05, 0.1) is 19.0 Å². The molecule has 0 spiro atoms. The fourth-order valence-corrected chi connectivity index (χ4v) is 1.52. The highest BCUT2D eigenvalue weighted by molar-refractivity contribution is 5.75. The van der Waals surface area contributed by atoms with E-state index in [4.69, 9.17) is 4.42 Å². The highest BCUT2D eigenvalue weighted by Gasteiger charge is 2.06. The molecule has 0 aliphatic rings. The zero-order chi connectivity index (χ0) is 10.1. The van der Waals surface area contributed by atoms with Gasteiger partial charge in [0.25, 0.3) is 0 Å². The van der Waals surface area contributed by atoms with Gasteiger partial charge in [-0.05, 0) is 12.1 Å². The second-order valence-electron chi connectivity index (χ2n) is 3.21. The monoisotopic (exact) mass is 200 g/mol. The number of rotatable bonds is 2. The minimum absolute atomic E-state index is 0.629. The fourth-order valence-electron chi connectivity index (χ4n) is 1.52. The van der Waals surface area contributed by atoms with E-state index in [9.17, 15) is 0 Å². The van der Waals surface area contributed by atoms with Crippen LogP contribution in [0.4, 0.5) is 0 Å². The predicted molar refractivity (Wildman–Crippen MR) is 53.1 cm³/mol. The number of aromatic nitrogens is 4. The molecule has 0 bridgehead atoms. The van der Waals surface area contributed by atoms with E-state index >= 15 is 0 Å². The van der Waals surface area contributed by atoms with Crippen molar-refractivity contribution in [3.05, 3.63) is 42.5 Å². The number of hydrogen-bond acceptors (Lipinski definition) is 4. The molecule has 0 amide bonds. The van der Waals surface area contributed by atoms with Crippen molar-refractivity contribution in [2.24, 2.45) is 0 Å². The molecule has 0 saturated heterocycles. The molecule has 0 aliphatic heterocycles. The van der Waals surface area contributed by atoms with Crippen molar-refractivity contribution in [3.63, 3.8) is 0 Å². The van der Waals surface area contributed by atoms with Crippen LogP contribution >= 0.6 is 0 Å². The highest BCUT2D eigenvalue weighted by Crippen LogP contribution is 2.18. The second-order valence-corrected chi connectivity index (χ2v) is 3.21. The number of pyridine rings is 1. The van der Waals surface area contributed by atoms with Gasteiger partial charge in [-0.25, -0.2) is 4.68 Å². The van der Waals surface area contributed by atoms with E-state index in [0.29, 0.717) is 6.54 Å². The van der Waals surface area contributed by atoms with E-state index in [-0.39, 0.29) is 0 Å². The minimum Gasteiger partial charge on any atom is -0.462 e. The lowest BCUT2D eigenvalue weighted by atomic mass is 10.2. The van der Waals surface area contributed by atoms with Gasteiger partial charge in [-0.2, -0.15) is 0 Å². The molecule has 0 atom stereocenters. The standard InChI is InChI=1S/C10H8N4O/c1-2-9-10(11-3-1)8(7-15-9)6-14-5-4-12-13-14/h1-5,7H,6H2. The Morgan fingerprint density at radius 2 is 2.33 bits per heavy atom. The highest BCUT2D eigenvalue weighted by atomic mass is 16.3. The normalized spacial score (nSPS) is 10.9. The molecule has 0 fully saturated rings. The summed E-state index contributed by atoms with van der Waals surface area (Å²) in [6.07, 6.45) is 6.92. The fraction of sp³-hybridized carbons (Fsp3) is 0.100. The van der Waals surface area contributed by atoms with E-state index in [0.717, 1.165) is 16.7 Å². The number of hydrogen-bond donors (Lipinski definition) is 0. The molecule has 74 valence electrons. The lowest BCUT2D eigenvalue weighted by Crippen LogP contribution is -1.99. The van der Waals surface area contributed by atoms with Gasteiger partial charge in [-0.15, -0.1) is 5.10 Å². The summed E-state index contributed by atoms with van der Waals surface area (Å²) in [7, 11) is 0. The van der Waals surface area contributed by atoms with Crippen LogP contribution in [0, 0.1) is 0 Å². The molecule has 0 unspecified atom stereocenters. The first kappa shape index (κ1) is 8.16. The van der Waals surface area contributed by atoms with Crippen LogP contribution in [-0.2, 0) is 6.54 Å². The first-order valence-corrected chi connectivity index (χ1v) is 4.59. The zero-order valence-electron chi connectivity index (χ0n) is 7.87. The van der Waals surface area contributed by atoms with Crippen molar-refractivity contribution in [2.45, 2.75) is 6.54 Å². The Morgan fingerprint density at radius 3 is 3.20 bits per heavy atom. The van der Waals surface area contributed by atoms with Crippen molar-refractivity contribution >= 4 is 11.1 Å².